The number of nitrogens with zero attached hydrogens (tertiary/aromatic N) is 2. The quantitative estimate of drug-likeness (QED) is 0.452. The SMILES string of the molecule is NC(=O)c1ccc(C(O)(C2=Cc3cnn(-c4ccccc4)c3CC2)C(F)(F)F)c2ccccc12. The molecule has 0 saturated carbocycles. The van der Waals surface area contributed by atoms with Crippen LogP contribution < -0.4 is 5.73 Å². The van der Waals surface area contributed by atoms with E-state index in [4.69, 9.17) is 5.73 Å². The van der Waals surface area contributed by atoms with E-state index in [-0.39, 0.29) is 40.3 Å². The number of amides is 1. The number of fused-ring (bicyclic) bond motifs is 2. The maximum atomic E-state index is 14.6. The van der Waals surface area contributed by atoms with E-state index in [2.05, 4.69) is 5.10 Å². The van der Waals surface area contributed by atoms with Crippen LogP contribution in [0.5, 0.6) is 0 Å². The van der Waals surface area contributed by atoms with Crippen LogP contribution in [0, 0.1) is 0 Å². The molecule has 5 nitrogen and oxygen atoms in total. The standard InChI is InChI=1S/C26H20F3N3O2/c27-26(28,29)25(34,22-12-11-21(24(30)33)19-8-4-5-9-20(19)22)17-10-13-23-16(14-17)15-31-32(23)18-6-2-1-3-7-18/h1-9,11-12,14-15,34H,10,13H2,(H2,30,33). The number of rotatable bonds is 4. The number of nitrogens with two attached hydrogens (primary N) is 1. The third-order valence-electron chi connectivity index (χ3n) is 6.32. The Labute approximate surface area is 192 Å². The highest BCUT2D eigenvalue weighted by molar-refractivity contribution is 6.07. The Hall–Kier alpha value is -3.91. The van der Waals surface area contributed by atoms with Crippen LogP contribution in [-0.2, 0) is 12.0 Å². The van der Waals surface area contributed by atoms with Crippen molar-refractivity contribution in [3.63, 3.8) is 0 Å². The van der Waals surface area contributed by atoms with E-state index in [9.17, 15) is 23.1 Å². The van der Waals surface area contributed by atoms with Crippen LogP contribution in [-0.4, -0.2) is 27.0 Å². The van der Waals surface area contributed by atoms with Gasteiger partial charge in [-0.2, -0.15) is 18.3 Å². The fraction of sp³-hybridized carbons (Fsp3) is 0.154. The number of primary amides is 1. The zero-order chi connectivity index (χ0) is 24.1. The molecule has 0 bridgehead atoms. The predicted molar refractivity (Wildman–Crippen MR) is 122 cm³/mol. The first-order valence-electron chi connectivity index (χ1n) is 10.7. The number of aromatic nitrogens is 2. The minimum Gasteiger partial charge on any atom is -0.372 e. The molecule has 5 rings (SSSR count). The normalized spacial score (nSPS) is 15.5. The van der Waals surface area contributed by atoms with E-state index in [1.165, 1.54) is 30.5 Å². The maximum absolute atomic E-state index is 14.6. The molecule has 0 saturated heterocycles. The molecule has 0 spiro atoms. The van der Waals surface area contributed by atoms with Crippen molar-refractivity contribution in [1.82, 2.24) is 9.78 Å². The summed E-state index contributed by atoms with van der Waals surface area (Å²) in [5.41, 5.74) is 3.83. The second kappa shape index (κ2) is 7.85. The van der Waals surface area contributed by atoms with Gasteiger partial charge in [0, 0.05) is 16.7 Å². The summed E-state index contributed by atoms with van der Waals surface area (Å²) in [6.45, 7) is 0. The van der Waals surface area contributed by atoms with E-state index in [1.807, 2.05) is 30.3 Å². The summed E-state index contributed by atoms with van der Waals surface area (Å²) in [6, 6.07) is 17.8. The minimum absolute atomic E-state index is 0.0204. The Kier molecular flexibility index (Phi) is 5.06. The molecule has 0 fully saturated rings. The van der Waals surface area contributed by atoms with Gasteiger partial charge in [-0.25, -0.2) is 4.68 Å². The Morgan fingerprint density at radius 1 is 0.941 bits per heavy atom. The molecular weight excluding hydrogens is 443 g/mol. The van der Waals surface area contributed by atoms with E-state index < -0.39 is 17.7 Å². The Morgan fingerprint density at radius 3 is 2.29 bits per heavy atom. The lowest BCUT2D eigenvalue weighted by molar-refractivity contribution is -0.250. The van der Waals surface area contributed by atoms with Crippen LogP contribution in [0.1, 0.15) is 33.6 Å². The summed E-state index contributed by atoms with van der Waals surface area (Å²) in [5, 5.41) is 16.1. The number of carbonyl (C=O) groups excluding carboxylic acids is 1. The van der Waals surface area contributed by atoms with E-state index in [0.29, 0.717) is 5.56 Å². The number of alkyl halides is 3. The molecule has 1 aliphatic carbocycles. The minimum atomic E-state index is -5.01. The highest BCUT2D eigenvalue weighted by atomic mass is 19.4. The van der Waals surface area contributed by atoms with Crippen LogP contribution >= 0.6 is 0 Å². The first-order valence-corrected chi connectivity index (χ1v) is 10.7. The monoisotopic (exact) mass is 463 g/mol. The Bertz CT molecular complexity index is 1440. The lowest BCUT2D eigenvalue weighted by Gasteiger charge is -2.36. The van der Waals surface area contributed by atoms with Gasteiger partial charge in [0.1, 0.15) is 0 Å². The van der Waals surface area contributed by atoms with Crippen molar-refractivity contribution in [1.29, 1.82) is 0 Å². The molecule has 1 unspecified atom stereocenters. The van der Waals surface area contributed by atoms with Gasteiger partial charge in [0.25, 0.3) is 0 Å². The molecule has 4 aromatic rings. The van der Waals surface area contributed by atoms with Crippen molar-refractivity contribution in [2.24, 2.45) is 5.73 Å². The van der Waals surface area contributed by atoms with E-state index in [1.54, 1.807) is 16.8 Å². The first kappa shape index (κ1) is 21.9. The molecule has 0 radical (unpaired) electrons. The van der Waals surface area contributed by atoms with E-state index in [0.717, 1.165) is 17.4 Å². The van der Waals surface area contributed by atoms with Crippen molar-refractivity contribution in [2.45, 2.75) is 24.6 Å². The molecule has 0 aliphatic heterocycles. The van der Waals surface area contributed by atoms with Crippen molar-refractivity contribution in [2.75, 3.05) is 0 Å². The number of benzene rings is 3. The van der Waals surface area contributed by atoms with Gasteiger partial charge in [-0.05, 0) is 53.5 Å². The number of para-hydroxylation sites is 1. The molecule has 1 heterocycles. The van der Waals surface area contributed by atoms with Gasteiger partial charge in [0.2, 0.25) is 11.5 Å². The predicted octanol–water partition coefficient (Wildman–Crippen LogP) is 4.90. The fourth-order valence-corrected chi connectivity index (χ4v) is 4.68. The van der Waals surface area contributed by atoms with Gasteiger partial charge >= 0.3 is 6.18 Å². The summed E-state index contributed by atoms with van der Waals surface area (Å²) < 4.78 is 45.5. The van der Waals surface area contributed by atoms with Crippen molar-refractivity contribution >= 4 is 22.8 Å². The maximum Gasteiger partial charge on any atom is 0.425 e. The fourth-order valence-electron chi connectivity index (χ4n) is 4.68. The average Bonchev–Trinajstić information content (AvgIpc) is 3.26. The average molecular weight is 463 g/mol. The topological polar surface area (TPSA) is 81.1 Å². The third kappa shape index (κ3) is 3.30. The highest BCUT2D eigenvalue weighted by Crippen LogP contribution is 2.50. The second-order valence-electron chi connectivity index (χ2n) is 8.24. The van der Waals surface area contributed by atoms with E-state index >= 15 is 0 Å². The van der Waals surface area contributed by atoms with Crippen molar-refractivity contribution < 1.29 is 23.1 Å². The highest BCUT2D eigenvalue weighted by Gasteiger charge is 2.58. The van der Waals surface area contributed by atoms with Gasteiger partial charge in [0.15, 0.2) is 0 Å². The summed E-state index contributed by atoms with van der Waals surface area (Å²) in [6.07, 6.45) is -1.88. The van der Waals surface area contributed by atoms with Crippen LogP contribution in [0.15, 0.2) is 78.5 Å². The largest absolute Gasteiger partial charge is 0.425 e. The van der Waals surface area contributed by atoms with Crippen LogP contribution in [0.25, 0.3) is 22.5 Å². The Morgan fingerprint density at radius 2 is 1.62 bits per heavy atom. The van der Waals surface area contributed by atoms with Crippen molar-refractivity contribution in [3.8, 4) is 5.69 Å². The summed E-state index contributed by atoms with van der Waals surface area (Å²) in [5.74, 6) is -0.756. The third-order valence-corrected chi connectivity index (χ3v) is 6.32. The smallest absolute Gasteiger partial charge is 0.372 e. The zero-order valence-corrected chi connectivity index (χ0v) is 17.9. The lowest BCUT2D eigenvalue weighted by Crippen LogP contribution is -2.44. The molecule has 172 valence electrons. The Balaban J connectivity index is 1.70. The molecule has 1 atom stereocenters. The van der Waals surface area contributed by atoms with Crippen LogP contribution in [0.3, 0.4) is 0 Å². The van der Waals surface area contributed by atoms with Gasteiger partial charge in [-0.15, -0.1) is 0 Å². The second-order valence-corrected chi connectivity index (χ2v) is 8.24. The van der Waals surface area contributed by atoms with Crippen LogP contribution in [0.2, 0.25) is 0 Å². The molecule has 1 aromatic heterocycles. The first-order chi connectivity index (χ1) is 16.2. The van der Waals surface area contributed by atoms with Crippen molar-refractivity contribution in [3.05, 3.63) is 101 Å². The number of halogens is 3. The number of aliphatic hydroxyl groups is 1. The number of hydrogen-bond acceptors (Lipinski definition) is 3. The van der Waals surface area contributed by atoms with Gasteiger partial charge in [-0.3, -0.25) is 4.79 Å². The molecule has 3 aromatic carbocycles. The molecule has 1 amide bonds. The zero-order valence-electron chi connectivity index (χ0n) is 17.9. The van der Waals surface area contributed by atoms with Gasteiger partial charge in [-0.1, -0.05) is 48.5 Å². The number of carbonyl (C=O) groups is 1. The summed E-state index contributed by atoms with van der Waals surface area (Å²) >= 11 is 0. The lowest BCUT2D eigenvalue weighted by atomic mass is 9.77. The molecule has 3 N–H and O–H groups in total. The molecule has 8 heteroatoms. The molecule has 34 heavy (non-hydrogen) atoms. The molecule has 1 aliphatic rings. The van der Waals surface area contributed by atoms with Gasteiger partial charge in [0.05, 0.1) is 17.6 Å². The number of hydrogen-bond donors (Lipinski definition) is 2. The summed E-state index contributed by atoms with van der Waals surface area (Å²) in [7, 11) is 0. The summed E-state index contributed by atoms with van der Waals surface area (Å²) in [4.78, 5) is 11.8. The van der Waals surface area contributed by atoms with Crippen LogP contribution in [0.4, 0.5) is 13.2 Å². The molecular formula is C26H20F3N3O2. The van der Waals surface area contributed by atoms with Gasteiger partial charge < -0.3 is 10.8 Å².